The minimum absolute atomic E-state index is 0.703. The summed E-state index contributed by atoms with van der Waals surface area (Å²) >= 11 is 6.37. The Morgan fingerprint density at radius 3 is 2.95 bits per heavy atom. The molecule has 1 aromatic carbocycles. The second kappa shape index (κ2) is 5.35. The van der Waals surface area contributed by atoms with E-state index in [-0.39, 0.29) is 0 Å². The maximum atomic E-state index is 6.37. The highest BCUT2D eigenvalue weighted by Crippen LogP contribution is 2.26. The predicted octanol–water partition coefficient (Wildman–Crippen LogP) is 3.48. The Balaban J connectivity index is 1.81. The molecule has 100 valence electrons. The van der Waals surface area contributed by atoms with Crippen molar-refractivity contribution in [3.63, 3.8) is 0 Å². The standard InChI is InChI=1S/C15H18ClN3/c1-2-19-8-7-17-15(19)11-3-4-12(14(16)9-11)10-18-13-5-6-13/h3-4,7-9,13,18H,2,5-6,10H2,1H3. The summed E-state index contributed by atoms with van der Waals surface area (Å²) in [5.41, 5.74) is 2.24. The minimum Gasteiger partial charge on any atom is -0.331 e. The van der Waals surface area contributed by atoms with Gasteiger partial charge in [0, 0.05) is 42.1 Å². The van der Waals surface area contributed by atoms with E-state index in [1.54, 1.807) is 0 Å². The Bertz CT molecular complexity index is 573. The molecule has 0 aliphatic heterocycles. The molecule has 0 radical (unpaired) electrons. The number of aryl methyl sites for hydroxylation is 1. The van der Waals surface area contributed by atoms with Gasteiger partial charge >= 0.3 is 0 Å². The lowest BCUT2D eigenvalue weighted by Gasteiger charge is -2.09. The van der Waals surface area contributed by atoms with Gasteiger partial charge in [-0.15, -0.1) is 0 Å². The number of nitrogens with zero attached hydrogens (tertiary/aromatic N) is 2. The summed E-state index contributed by atoms with van der Waals surface area (Å²) in [6.07, 6.45) is 6.41. The lowest BCUT2D eigenvalue weighted by molar-refractivity contribution is 0.688. The van der Waals surface area contributed by atoms with Crippen molar-refractivity contribution in [1.29, 1.82) is 0 Å². The second-order valence-electron chi connectivity index (χ2n) is 5.00. The smallest absolute Gasteiger partial charge is 0.139 e. The van der Waals surface area contributed by atoms with Crippen molar-refractivity contribution < 1.29 is 0 Å². The van der Waals surface area contributed by atoms with Crippen LogP contribution in [0.5, 0.6) is 0 Å². The van der Waals surface area contributed by atoms with Crippen LogP contribution in [-0.4, -0.2) is 15.6 Å². The Labute approximate surface area is 118 Å². The van der Waals surface area contributed by atoms with E-state index in [2.05, 4.69) is 33.9 Å². The molecular formula is C15H18ClN3. The molecule has 1 fully saturated rings. The number of nitrogens with one attached hydrogen (secondary N) is 1. The topological polar surface area (TPSA) is 29.9 Å². The average Bonchev–Trinajstić information content (AvgIpc) is 3.12. The third-order valence-corrected chi connectivity index (χ3v) is 3.88. The summed E-state index contributed by atoms with van der Waals surface area (Å²) in [4.78, 5) is 4.40. The summed E-state index contributed by atoms with van der Waals surface area (Å²) in [6, 6.07) is 6.92. The molecule has 0 saturated heterocycles. The number of halogens is 1. The summed E-state index contributed by atoms with van der Waals surface area (Å²) < 4.78 is 2.12. The van der Waals surface area contributed by atoms with Crippen molar-refractivity contribution in [2.45, 2.75) is 38.9 Å². The van der Waals surface area contributed by atoms with Crippen LogP contribution in [0.3, 0.4) is 0 Å². The first-order valence-corrected chi connectivity index (χ1v) is 7.19. The largest absolute Gasteiger partial charge is 0.331 e. The van der Waals surface area contributed by atoms with Gasteiger partial charge in [0.1, 0.15) is 5.82 Å². The first-order chi connectivity index (χ1) is 9.28. The lowest BCUT2D eigenvalue weighted by atomic mass is 10.1. The van der Waals surface area contributed by atoms with Gasteiger partial charge in [-0.25, -0.2) is 4.98 Å². The van der Waals surface area contributed by atoms with Crippen LogP contribution < -0.4 is 5.32 Å². The van der Waals surface area contributed by atoms with E-state index in [1.807, 2.05) is 18.5 Å². The van der Waals surface area contributed by atoms with E-state index in [9.17, 15) is 0 Å². The van der Waals surface area contributed by atoms with Gasteiger partial charge in [-0.3, -0.25) is 0 Å². The number of rotatable bonds is 5. The highest BCUT2D eigenvalue weighted by atomic mass is 35.5. The first-order valence-electron chi connectivity index (χ1n) is 6.81. The van der Waals surface area contributed by atoms with Gasteiger partial charge in [-0.05, 0) is 31.4 Å². The molecule has 19 heavy (non-hydrogen) atoms. The Morgan fingerprint density at radius 2 is 2.26 bits per heavy atom. The second-order valence-corrected chi connectivity index (χ2v) is 5.41. The highest BCUT2D eigenvalue weighted by Gasteiger charge is 2.20. The predicted molar refractivity (Wildman–Crippen MR) is 78.2 cm³/mol. The number of hydrogen-bond acceptors (Lipinski definition) is 2. The van der Waals surface area contributed by atoms with E-state index in [1.165, 1.54) is 12.8 Å². The molecule has 4 heteroatoms. The Morgan fingerprint density at radius 1 is 1.42 bits per heavy atom. The van der Waals surface area contributed by atoms with Crippen LogP contribution in [0.25, 0.3) is 11.4 Å². The number of aromatic nitrogens is 2. The molecule has 1 aromatic heterocycles. The van der Waals surface area contributed by atoms with Crippen molar-refractivity contribution >= 4 is 11.6 Å². The first kappa shape index (κ1) is 12.7. The molecule has 2 aromatic rings. The molecule has 1 aliphatic rings. The molecule has 0 spiro atoms. The third-order valence-electron chi connectivity index (χ3n) is 3.53. The zero-order chi connectivity index (χ0) is 13.2. The van der Waals surface area contributed by atoms with Crippen LogP contribution in [0.15, 0.2) is 30.6 Å². The molecule has 1 aliphatic carbocycles. The normalized spacial score (nSPS) is 14.8. The monoisotopic (exact) mass is 275 g/mol. The fourth-order valence-corrected chi connectivity index (χ4v) is 2.44. The van der Waals surface area contributed by atoms with E-state index < -0.39 is 0 Å². The molecular weight excluding hydrogens is 258 g/mol. The Kier molecular flexibility index (Phi) is 3.58. The van der Waals surface area contributed by atoms with Crippen LogP contribution in [0.1, 0.15) is 25.3 Å². The number of hydrogen-bond donors (Lipinski definition) is 1. The molecule has 0 bridgehead atoms. The lowest BCUT2D eigenvalue weighted by Crippen LogP contribution is -2.15. The van der Waals surface area contributed by atoms with Gasteiger partial charge in [0.25, 0.3) is 0 Å². The van der Waals surface area contributed by atoms with Crippen LogP contribution in [0.4, 0.5) is 0 Å². The molecule has 3 nitrogen and oxygen atoms in total. The minimum atomic E-state index is 0.703. The van der Waals surface area contributed by atoms with Gasteiger partial charge in [0.15, 0.2) is 0 Å². The quantitative estimate of drug-likeness (QED) is 0.905. The summed E-state index contributed by atoms with van der Waals surface area (Å²) in [7, 11) is 0. The highest BCUT2D eigenvalue weighted by molar-refractivity contribution is 6.31. The number of benzene rings is 1. The van der Waals surface area contributed by atoms with Crippen LogP contribution in [-0.2, 0) is 13.1 Å². The van der Waals surface area contributed by atoms with Gasteiger partial charge in [0.05, 0.1) is 0 Å². The van der Waals surface area contributed by atoms with Gasteiger partial charge < -0.3 is 9.88 Å². The van der Waals surface area contributed by atoms with E-state index >= 15 is 0 Å². The zero-order valence-electron chi connectivity index (χ0n) is 11.1. The Hall–Kier alpha value is -1.32. The maximum absolute atomic E-state index is 6.37. The van der Waals surface area contributed by atoms with Crippen LogP contribution in [0, 0.1) is 0 Å². The van der Waals surface area contributed by atoms with Crippen molar-refractivity contribution in [3.05, 3.63) is 41.2 Å². The van der Waals surface area contributed by atoms with E-state index in [4.69, 9.17) is 11.6 Å². The molecule has 1 saturated carbocycles. The summed E-state index contributed by atoms with van der Waals surface area (Å²) in [5.74, 6) is 0.978. The molecule has 0 atom stereocenters. The number of imidazole rings is 1. The van der Waals surface area contributed by atoms with Gasteiger partial charge in [-0.2, -0.15) is 0 Å². The van der Waals surface area contributed by atoms with Crippen LogP contribution >= 0.6 is 11.6 Å². The maximum Gasteiger partial charge on any atom is 0.139 e. The van der Waals surface area contributed by atoms with Crippen LogP contribution in [0.2, 0.25) is 5.02 Å². The summed E-state index contributed by atoms with van der Waals surface area (Å²) in [6.45, 7) is 3.88. The van der Waals surface area contributed by atoms with Crippen molar-refractivity contribution in [2.75, 3.05) is 0 Å². The van der Waals surface area contributed by atoms with Gasteiger partial charge in [-0.1, -0.05) is 23.7 Å². The third kappa shape index (κ3) is 2.82. The molecule has 1 heterocycles. The van der Waals surface area contributed by atoms with E-state index in [0.717, 1.165) is 35.1 Å². The fraction of sp³-hybridized carbons (Fsp3) is 0.400. The van der Waals surface area contributed by atoms with Crippen molar-refractivity contribution in [1.82, 2.24) is 14.9 Å². The zero-order valence-corrected chi connectivity index (χ0v) is 11.8. The SMILES string of the molecule is CCn1ccnc1-c1ccc(CNC2CC2)c(Cl)c1. The molecule has 0 amide bonds. The van der Waals surface area contributed by atoms with Crippen molar-refractivity contribution in [3.8, 4) is 11.4 Å². The molecule has 1 N–H and O–H groups in total. The van der Waals surface area contributed by atoms with Crippen molar-refractivity contribution in [2.24, 2.45) is 0 Å². The average molecular weight is 276 g/mol. The molecule has 0 unspecified atom stereocenters. The summed E-state index contributed by atoms with van der Waals surface area (Å²) in [5, 5.41) is 4.30. The fourth-order valence-electron chi connectivity index (χ4n) is 2.20. The van der Waals surface area contributed by atoms with Gasteiger partial charge in [0.2, 0.25) is 0 Å². The molecule has 3 rings (SSSR count). The van der Waals surface area contributed by atoms with E-state index in [0.29, 0.717) is 6.04 Å².